The Balaban J connectivity index is 5.78. The van der Waals surface area contributed by atoms with E-state index < -0.39 is 56.1 Å². The quantitative estimate of drug-likeness (QED) is 0.198. The number of hydrogen-bond donors (Lipinski definition) is 0. The van der Waals surface area contributed by atoms with Crippen LogP contribution in [-0.4, -0.2) is 43.3 Å². The van der Waals surface area contributed by atoms with Crippen molar-refractivity contribution in [1.29, 1.82) is 0 Å². The van der Waals surface area contributed by atoms with Crippen LogP contribution in [-0.2, 0) is 8.54 Å². The first-order valence-electron chi connectivity index (χ1n) is 10.4. The maximum atomic E-state index is 13.0. The van der Waals surface area contributed by atoms with Gasteiger partial charge in [-0.15, -0.1) is 0 Å². The summed E-state index contributed by atoms with van der Waals surface area (Å²) < 4.78 is 90.3. The average Bonchev–Trinajstić information content (AvgIpc) is 2.55. The van der Waals surface area contributed by atoms with Crippen molar-refractivity contribution in [1.82, 2.24) is 0 Å². The van der Waals surface area contributed by atoms with Crippen LogP contribution < -0.4 is 0 Å². The van der Waals surface area contributed by atoms with Crippen LogP contribution in [0.5, 0.6) is 0 Å². The fraction of sp³-hybridized carbons (Fsp3) is 1.00. The van der Waals surface area contributed by atoms with Crippen molar-refractivity contribution in [2.45, 2.75) is 115 Å². The molecule has 0 bridgehead atoms. The summed E-state index contributed by atoms with van der Waals surface area (Å²) in [6.07, 6.45) is -8.52. The third-order valence-electron chi connectivity index (χ3n) is 5.69. The molecule has 29 heavy (non-hydrogen) atoms. The van der Waals surface area contributed by atoms with Crippen molar-refractivity contribution in [3.63, 3.8) is 0 Å². The molecule has 0 saturated carbocycles. The third kappa shape index (κ3) is 11.9. The van der Waals surface area contributed by atoms with Crippen molar-refractivity contribution >= 4 is 25.7 Å². The minimum absolute atomic E-state index is 0.142. The van der Waals surface area contributed by atoms with Gasteiger partial charge in [0.15, 0.2) is 8.32 Å². The highest BCUT2D eigenvalue weighted by Crippen LogP contribution is 2.37. The highest BCUT2D eigenvalue weighted by Gasteiger charge is 2.48. The minimum Gasteiger partial charge on any atom is -0.436 e. The molecule has 0 aliphatic carbocycles. The van der Waals surface area contributed by atoms with Gasteiger partial charge in [0.25, 0.3) is 0 Å². The lowest BCUT2D eigenvalue weighted by Crippen LogP contribution is -2.57. The lowest BCUT2D eigenvalue weighted by atomic mass is 10.3. The zero-order chi connectivity index (χ0) is 23.1. The van der Waals surface area contributed by atoms with Crippen molar-refractivity contribution in [2.24, 2.45) is 0 Å². The summed E-state index contributed by atoms with van der Waals surface area (Å²) in [5.41, 5.74) is 0. The molecule has 0 aliphatic rings. The summed E-state index contributed by atoms with van der Waals surface area (Å²) in [5, 5.41) is -0.545. The van der Waals surface area contributed by atoms with E-state index in [2.05, 4.69) is 13.1 Å². The Morgan fingerprint density at radius 3 is 1.69 bits per heavy atom. The maximum Gasteiger partial charge on any atom is 0.389 e. The highest BCUT2D eigenvalue weighted by atomic mass is 28.4. The zero-order valence-corrected chi connectivity index (χ0v) is 22.0. The smallest absolute Gasteiger partial charge is 0.389 e. The van der Waals surface area contributed by atoms with Gasteiger partial charge in [0.05, 0.1) is 8.80 Å². The van der Waals surface area contributed by atoms with Gasteiger partial charge in [0, 0.05) is 18.1 Å². The van der Waals surface area contributed by atoms with E-state index in [0.717, 1.165) is 6.42 Å². The lowest BCUT2D eigenvalue weighted by molar-refractivity contribution is -0.132. The number of alkyl halides is 6. The molecule has 0 rings (SSSR count). The zero-order valence-electron chi connectivity index (χ0n) is 18.8. The van der Waals surface area contributed by atoms with Crippen LogP contribution in [0.25, 0.3) is 0 Å². The molecule has 0 aromatic heterocycles. The number of rotatable bonds is 13. The molecule has 0 radical (unpaired) electrons. The monoisotopic (exact) mass is 484 g/mol. The second kappa shape index (κ2) is 11.1. The van der Waals surface area contributed by atoms with E-state index in [-0.39, 0.29) is 12.1 Å². The van der Waals surface area contributed by atoms with Crippen LogP contribution in [0.1, 0.15) is 52.9 Å². The van der Waals surface area contributed by atoms with E-state index in [0.29, 0.717) is 18.9 Å². The predicted octanol–water partition coefficient (Wildman–Crippen LogP) is 7.57. The Bertz CT molecular complexity index is 489. The molecule has 0 heterocycles. The fourth-order valence-corrected chi connectivity index (χ4v) is 15.5. The molecular weight excluding hydrogens is 446 g/mol. The lowest BCUT2D eigenvalue weighted by Gasteiger charge is -2.45. The third-order valence-corrected chi connectivity index (χ3v) is 17.4. The van der Waals surface area contributed by atoms with Gasteiger partial charge in [-0.2, -0.15) is 26.3 Å². The predicted molar refractivity (Wildman–Crippen MR) is 114 cm³/mol. The van der Waals surface area contributed by atoms with Gasteiger partial charge in [-0.25, -0.2) is 0 Å². The molecule has 0 N–H and O–H groups in total. The van der Waals surface area contributed by atoms with Gasteiger partial charge in [-0.05, 0) is 44.6 Å². The van der Waals surface area contributed by atoms with Crippen LogP contribution in [0.3, 0.4) is 0 Å². The highest BCUT2D eigenvalue weighted by molar-refractivity contribution is 6.83. The standard InChI is InChI=1S/C18H38F6O2Si3/c1-8-10-13-28(6,14-11-17(19,20)21)26-29(7,15-12-18(22,23)24)25-16(3,9-2)27(4)5/h27H,8-15H2,1-7H3. The average molecular weight is 485 g/mol. The second-order valence-electron chi connectivity index (χ2n) is 8.94. The molecule has 0 aromatic carbocycles. The molecule has 3 unspecified atom stereocenters. The molecule has 0 aliphatic heterocycles. The van der Waals surface area contributed by atoms with Crippen LogP contribution in [0.15, 0.2) is 0 Å². The Morgan fingerprint density at radius 1 is 0.828 bits per heavy atom. The maximum absolute atomic E-state index is 13.0. The van der Waals surface area contributed by atoms with Gasteiger partial charge < -0.3 is 8.54 Å². The Hall–Kier alpha value is 0.151. The number of hydrogen-bond acceptors (Lipinski definition) is 2. The van der Waals surface area contributed by atoms with E-state index in [1.807, 2.05) is 20.8 Å². The topological polar surface area (TPSA) is 18.5 Å². The van der Waals surface area contributed by atoms with Crippen molar-refractivity contribution < 1.29 is 34.9 Å². The fourth-order valence-electron chi connectivity index (χ4n) is 3.29. The summed E-state index contributed by atoms with van der Waals surface area (Å²) in [4.78, 5) is 0. The molecule has 0 amide bonds. The SMILES string of the molecule is CCCC[Si](C)(CCC(F)(F)F)O[Si](C)(CCC(F)(F)F)OC(C)(CC)[SiH](C)C. The van der Waals surface area contributed by atoms with Gasteiger partial charge in [-0.1, -0.05) is 39.8 Å². The van der Waals surface area contributed by atoms with E-state index >= 15 is 0 Å². The Morgan fingerprint density at radius 2 is 1.31 bits per heavy atom. The number of unbranched alkanes of at least 4 members (excludes halogenated alkanes) is 1. The molecule has 11 heteroatoms. The molecule has 0 spiro atoms. The van der Waals surface area contributed by atoms with Crippen molar-refractivity contribution in [3.05, 3.63) is 0 Å². The van der Waals surface area contributed by atoms with Gasteiger partial charge in [0.2, 0.25) is 0 Å². The van der Waals surface area contributed by atoms with Crippen molar-refractivity contribution in [3.8, 4) is 0 Å². The molecule has 2 nitrogen and oxygen atoms in total. The number of halogens is 6. The van der Waals surface area contributed by atoms with Crippen LogP contribution in [0.2, 0.25) is 44.3 Å². The second-order valence-corrected chi connectivity index (χ2v) is 20.2. The van der Waals surface area contributed by atoms with Gasteiger partial charge in [-0.3, -0.25) is 0 Å². The molecule has 0 aromatic rings. The Kier molecular flexibility index (Phi) is 11.2. The summed E-state index contributed by atoms with van der Waals surface area (Å²) >= 11 is 0. The van der Waals surface area contributed by atoms with Crippen LogP contribution in [0.4, 0.5) is 26.3 Å². The van der Waals surface area contributed by atoms with Crippen LogP contribution in [0, 0.1) is 0 Å². The molecular formula is C18H38F6O2Si3. The summed E-state index contributed by atoms with van der Waals surface area (Å²) in [5.74, 6) is 0. The first-order chi connectivity index (χ1) is 12.9. The van der Waals surface area contributed by atoms with E-state index in [9.17, 15) is 26.3 Å². The van der Waals surface area contributed by atoms with E-state index in [4.69, 9.17) is 8.54 Å². The summed E-state index contributed by atoms with van der Waals surface area (Å²) in [6, 6.07) is 0.0733. The molecule has 176 valence electrons. The molecule has 3 atom stereocenters. The molecule has 0 saturated heterocycles. The first-order valence-corrected chi connectivity index (χ1v) is 18.7. The van der Waals surface area contributed by atoms with Gasteiger partial charge >= 0.3 is 20.9 Å². The molecule has 0 fully saturated rings. The van der Waals surface area contributed by atoms with Gasteiger partial charge in [0.1, 0.15) is 0 Å². The van der Waals surface area contributed by atoms with E-state index in [1.54, 1.807) is 13.1 Å². The van der Waals surface area contributed by atoms with E-state index in [1.165, 1.54) is 0 Å². The van der Waals surface area contributed by atoms with Crippen molar-refractivity contribution in [2.75, 3.05) is 0 Å². The summed E-state index contributed by atoms with van der Waals surface area (Å²) in [6.45, 7) is 13.3. The summed E-state index contributed by atoms with van der Waals surface area (Å²) in [7, 11) is -7.66. The largest absolute Gasteiger partial charge is 0.436 e. The van der Waals surface area contributed by atoms with Crippen LogP contribution >= 0.6 is 0 Å². The Labute approximate surface area is 175 Å². The minimum atomic E-state index is -4.35. The first kappa shape index (κ1) is 29.2. The normalized spacial score (nSPS) is 19.7.